The van der Waals surface area contributed by atoms with Crippen LogP contribution in [0.3, 0.4) is 0 Å². The molecule has 3 rings (SSSR count). The summed E-state index contributed by atoms with van der Waals surface area (Å²) < 4.78 is 0. The molecule has 0 saturated carbocycles. The maximum atomic E-state index is 11.5. The first-order valence-electron chi connectivity index (χ1n) is 8.41. The number of rotatable bonds is 4. The van der Waals surface area contributed by atoms with Crippen molar-refractivity contribution in [2.24, 2.45) is 0 Å². The summed E-state index contributed by atoms with van der Waals surface area (Å²) >= 11 is 0. The van der Waals surface area contributed by atoms with Crippen LogP contribution in [0.1, 0.15) is 31.2 Å². The first-order chi connectivity index (χ1) is 11.6. The summed E-state index contributed by atoms with van der Waals surface area (Å²) in [5.74, 6) is 0.518. The Balaban J connectivity index is 1.66. The molecule has 1 aromatic rings. The van der Waals surface area contributed by atoms with E-state index in [1.165, 1.54) is 25.3 Å². The van der Waals surface area contributed by atoms with Crippen LogP contribution in [0.15, 0.2) is 59.8 Å². The Morgan fingerprint density at radius 1 is 1.33 bits per heavy atom. The highest BCUT2D eigenvalue weighted by Crippen LogP contribution is 2.24. The smallest absolute Gasteiger partial charge is 0.161 e. The van der Waals surface area contributed by atoms with Crippen LogP contribution >= 0.6 is 0 Å². The van der Waals surface area contributed by atoms with Gasteiger partial charge in [0, 0.05) is 29.6 Å². The van der Waals surface area contributed by atoms with Crippen molar-refractivity contribution in [2.75, 3.05) is 18.4 Å². The third-order valence-corrected chi connectivity index (χ3v) is 4.55. The third-order valence-electron chi connectivity index (χ3n) is 4.55. The van der Waals surface area contributed by atoms with Gasteiger partial charge in [-0.25, -0.2) is 0 Å². The number of Topliss-reactive ketones (excluding diaryl/α,β-unsaturated/α-hetero) is 1. The summed E-state index contributed by atoms with van der Waals surface area (Å²) in [7, 11) is 0. The van der Waals surface area contributed by atoms with Crippen LogP contribution in [-0.2, 0) is 4.79 Å². The van der Waals surface area contributed by atoms with Crippen molar-refractivity contribution >= 4 is 17.2 Å². The van der Waals surface area contributed by atoms with Crippen LogP contribution in [-0.4, -0.2) is 24.6 Å². The second-order valence-electron chi connectivity index (χ2n) is 6.28. The van der Waals surface area contributed by atoms with Gasteiger partial charge in [-0.1, -0.05) is 24.3 Å². The first-order valence-corrected chi connectivity index (χ1v) is 8.41. The minimum absolute atomic E-state index is 0.0827. The van der Waals surface area contributed by atoms with Crippen LogP contribution in [0, 0.1) is 5.41 Å². The molecular weight excluding hydrogens is 298 g/mol. The molecule has 1 aliphatic heterocycles. The van der Waals surface area contributed by atoms with Gasteiger partial charge in [0.1, 0.15) is 0 Å². The van der Waals surface area contributed by atoms with Crippen LogP contribution < -0.4 is 10.6 Å². The monoisotopic (exact) mass is 321 g/mol. The lowest BCUT2D eigenvalue weighted by molar-refractivity contribution is -0.113. The number of nitrogens with one attached hydrogen (secondary N) is 3. The molecule has 2 aliphatic rings. The highest BCUT2D eigenvalue weighted by Gasteiger charge is 2.16. The molecule has 0 radical (unpaired) electrons. The van der Waals surface area contributed by atoms with Gasteiger partial charge in [-0.3, -0.25) is 10.2 Å². The molecule has 0 amide bonds. The number of carbonyl (C=O) groups is 1. The fourth-order valence-electron chi connectivity index (χ4n) is 3.13. The highest BCUT2D eigenvalue weighted by molar-refractivity contribution is 6.28. The van der Waals surface area contributed by atoms with E-state index in [1.54, 1.807) is 12.3 Å². The number of allylic oxidation sites excluding steroid dienone is 5. The van der Waals surface area contributed by atoms with Crippen molar-refractivity contribution in [1.82, 2.24) is 5.32 Å². The molecule has 124 valence electrons. The van der Waals surface area contributed by atoms with Crippen LogP contribution in [0.4, 0.5) is 5.69 Å². The predicted molar refractivity (Wildman–Crippen MR) is 98.6 cm³/mol. The Kier molecular flexibility index (Phi) is 5.06. The second-order valence-corrected chi connectivity index (χ2v) is 6.28. The Labute approximate surface area is 142 Å². The maximum absolute atomic E-state index is 11.5. The Bertz CT molecular complexity index is 720. The van der Waals surface area contributed by atoms with Crippen LogP contribution in [0.2, 0.25) is 0 Å². The SMILES string of the molecule is CC(=O)C1=CC=C/C(=C/Nc2ccc([C@@H]3CCCNC3)cc2)C1=N. The number of ketones is 1. The third kappa shape index (κ3) is 3.71. The van der Waals surface area contributed by atoms with Crippen LogP contribution in [0.5, 0.6) is 0 Å². The highest BCUT2D eigenvalue weighted by atomic mass is 16.1. The molecule has 1 aromatic carbocycles. The summed E-state index contributed by atoms with van der Waals surface area (Å²) in [6.45, 7) is 3.67. The molecule has 1 saturated heterocycles. The molecule has 0 aromatic heterocycles. The van der Waals surface area contributed by atoms with E-state index in [1.807, 2.05) is 12.2 Å². The maximum Gasteiger partial charge on any atom is 0.161 e. The zero-order chi connectivity index (χ0) is 16.9. The Hall–Kier alpha value is -2.46. The molecule has 1 heterocycles. The van der Waals surface area contributed by atoms with Gasteiger partial charge >= 0.3 is 0 Å². The minimum atomic E-state index is -0.0827. The zero-order valence-corrected chi connectivity index (χ0v) is 13.9. The fraction of sp³-hybridized carbons (Fsp3) is 0.300. The first kappa shape index (κ1) is 16.4. The molecule has 4 heteroatoms. The predicted octanol–water partition coefficient (Wildman–Crippen LogP) is 3.55. The van der Waals surface area contributed by atoms with E-state index in [0.29, 0.717) is 17.1 Å². The second kappa shape index (κ2) is 7.41. The number of hydrogen-bond acceptors (Lipinski definition) is 4. The van der Waals surface area contributed by atoms with Crippen molar-refractivity contribution in [3.8, 4) is 0 Å². The van der Waals surface area contributed by atoms with E-state index in [0.717, 1.165) is 18.8 Å². The van der Waals surface area contributed by atoms with Gasteiger partial charge in [-0.2, -0.15) is 0 Å². The molecule has 3 N–H and O–H groups in total. The zero-order valence-electron chi connectivity index (χ0n) is 13.9. The van der Waals surface area contributed by atoms with E-state index in [-0.39, 0.29) is 11.5 Å². The average Bonchev–Trinajstić information content (AvgIpc) is 2.62. The summed E-state index contributed by atoms with van der Waals surface area (Å²) in [6.07, 6.45) is 9.59. The summed E-state index contributed by atoms with van der Waals surface area (Å²) in [5, 5.41) is 14.8. The van der Waals surface area contributed by atoms with E-state index < -0.39 is 0 Å². The molecule has 1 atom stereocenters. The number of piperidine rings is 1. The lowest BCUT2D eigenvalue weighted by Crippen LogP contribution is -2.28. The molecule has 4 nitrogen and oxygen atoms in total. The largest absolute Gasteiger partial charge is 0.361 e. The molecule has 24 heavy (non-hydrogen) atoms. The van der Waals surface area contributed by atoms with Gasteiger partial charge in [0.05, 0.1) is 5.71 Å². The molecular formula is C20H23N3O. The fourth-order valence-corrected chi connectivity index (χ4v) is 3.13. The average molecular weight is 321 g/mol. The van der Waals surface area contributed by atoms with Gasteiger partial charge in [0.2, 0.25) is 0 Å². The number of benzene rings is 1. The minimum Gasteiger partial charge on any atom is -0.361 e. The molecule has 0 bridgehead atoms. The number of hydrogen-bond donors (Lipinski definition) is 3. The molecule has 1 fully saturated rings. The summed E-state index contributed by atoms with van der Waals surface area (Å²) in [6, 6.07) is 8.47. The quantitative estimate of drug-likeness (QED) is 0.794. The summed E-state index contributed by atoms with van der Waals surface area (Å²) in [5.41, 5.74) is 3.78. The van der Waals surface area contributed by atoms with E-state index >= 15 is 0 Å². The summed E-state index contributed by atoms with van der Waals surface area (Å²) in [4.78, 5) is 11.5. The lowest BCUT2D eigenvalue weighted by atomic mass is 9.91. The van der Waals surface area contributed by atoms with Crippen LogP contribution in [0.25, 0.3) is 0 Å². The van der Waals surface area contributed by atoms with Crippen molar-refractivity contribution in [1.29, 1.82) is 5.41 Å². The normalized spacial score (nSPS) is 22.4. The van der Waals surface area contributed by atoms with Crippen molar-refractivity contribution in [3.05, 3.63) is 65.4 Å². The van der Waals surface area contributed by atoms with E-state index in [4.69, 9.17) is 5.41 Å². The van der Waals surface area contributed by atoms with E-state index in [2.05, 4.69) is 34.9 Å². The number of anilines is 1. The Morgan fingerprint density at radius 3 is 2.79 bits per heavy atom. The van der Waals surface area contributed by atoms with E-state index in [9.17, 15) is 4.79 Å². The standard InChI is InChI=1S/C20H23N3O/c1-14(24)19-6-2-4-17(20(19)21)13-23-18-9-7-15(8-10-18)16-5-3-11-22-12-16/h2,4,6-10,13,16,21-23H,3,5,11-12H2,1H3/b17-13-,21-20?/t16-/m1/s1. The topological polar surface area (TPSA) is 65.0 Å². The van der Waals surface area contributed by atoms with Gasteiger partial charge in [0.15, 0.2) is 5.78 Å². The Morgan fingerprint density at radius 2 is 2.12 bits per heavy atom. The van der Waals surface area contributed by atoms with Crippen molar-refractivity contribution in [3.63, 3.8) is 0 Å². The number of carbonyl (C=O) groups excluding carboxylic acids is 1. The van der Waals surface area contributed by atoms with Gasteiger partial charge < -0.3 is 10.6 Å². The van der Waals surface area contributed by atoms with Gasteiger partial charge in [-0.05, 0) is 56.0 Å². The van der Waals surface area contributed by atoms with Crippen molar-refractivity contribution < 1.29 is 4.79 Å². The van der Waals surface area contributed by atoms with Gasteiger partial charge in [-0.15, -0.1) is 0 Å². The molecule has 0 unspecified atom stereocenters. The van der Waals surface area contributed by atoms with Crippen molar-refractivity contribution in [2.45, 2.75) is 25.7 Å². The molecule has 0 spiro atoms. The van der Waals surface area contributed by atoms with Gasteiger partial charge in [0.25, 0.3) is 0 Å². The lowest BCUT2D eigenvalue weighted by Gasteiger charge is -2.23. The molecule has 1 aliphatic carbocycles.